The maximum atomic E-state index is 11.2. The molecule has 0 aliphatic heterocycles. The van der Waals surface area contributed by atoms with Gasteiger partial charge in [0.2, 0.25) is 0 Å². The lowest BCUT2D eigenvalue weighted by Gasteiger charge is -2.19. The van der Waals surface area contributed by atoms with E-state index in [1.165, 1.54) is 0 Å². The van der Waals surface area contributed by atoms with Crippen molar-refractivity contribution in [3.05, 3.63) is 24.3 Å². The van der Waals surface area contributed by atoms with Crippen molar-refractivity contribution in [2.45, 2.75) is 19.4 Å². The lowest BCUT2D eigenvalue weighted by atomic mass is 9.93. The first kappa shape index (κ1) is 9.99. The van der Waals surface area contributed by atoms with Crippen molar-refractivity contribution >= 4 is 5.97 Å². The van der Waals surface area contributed by atoms with Crippen LogP contribution in [0.2, 0.25) is 0 Å². The van der Waals surface area contributed by atoms with Crippen molar-refractivity contribution in [2.75, 3.05) is 6.61 Å². The first-order chi connectivity index (χ1) is 6.25. The zero-order valence-electron chi connectivity index (χ0n) is 7.77. The second kappa shape index (κ2) is 4.82. The predicted molar refractivity (Wildman–Crippen MR) is 51.0 cm³/mol. The molecule has 0 aromatic heterocycles. The lowest BCUT2D eigenvalue weighted by molar-refractivity contribution is -0.145. The summed E-state index contributed by atoms with van der Waals surface area (Å²) in [5.74, 6) is -0.225. The monoisotopic (exact) mass is 181 g/mol. The number of esters is 1. The number of hydrogen-bond donors (Lipinski definition) is 1. The molecule has 72 valence electrons. The van der Waals surface area contributed by atoms with Crippen LogP contribution in [0.5, 0.6) is 0 Å². The van der Waals surface area contributed by atoms with Crippen molar-refractivity contribution in [3.63, 3.8) is 0 Å². The molecule has 1 rings (SSSR count). The SMILES string of the molecule is CCOC(=O)C(N)C1C=CC=CC1. The van der Waals surface area contributed by atoms with Gasteiger partial charge in [-0.15, -0.1) is 0 Å². The Kier molecular flexibility index (Phi) is 3.71. The van der Waals surface area contributed by atoms with E-state index in [0.717, 1.165) is 6.42 Å². The van der Waals surface area contributed by atoms with Gasteiger partial charge in [0.15, 0.2) is 0 Å². The zero-order valence-corrected chi connectivity index (χ0v) is 7.77. The summed E-state index contributed by atoms with van der Waals surface area (Å²) < 4.78 is 4.83. The molecule has 0 saturated carbocycles. The average Bonchev–Trinajstić information content (AvgIpc) is 2.18. The summed E-state index contributed by atoms with van der Waals surface area (Å²) in [6.07, 6.45) is 8.63. The standard InChI is InChI=1S/C10H15NO2/c1-2-13-10(12)9(11)8-6-4-3-5-7-8/h3-6,8-9H,2,7,11H2,1H3. The van der Waals surface area contributed by atoms with Gasteiger partial charge in [0.1, 0.15) is 6.04 Å². The Balaban J connectivity index is 2.47. The second-order valence-electron chi connectivity index (χ2n) is 2.99. The van der Waals surface area contributed by atoms with E-state index >= 15 is 0 Å². The number of ether oxygens (including phenoxy) is 1. The molecule has 0 spiro atoms. The minimum Gasteiger partial charge on any atom is -0.465 e. The van der Waals surface area contributed by atoms with E-state index in [2.05, 4.69) is 0 Å². The highest BCUT2D eigenvalue weighted by atomic mass is 16.5. The summed E-state index contributed by atoms with van der Waals surface area (Å²) in [5, 5.41) is 0. The molecule has 0 bridgehead atoms. The van der Waals surface area contributed by atoms with E-state index in [0.29, 0.717) is 6.61 Å². The van der Waals surface area contributed by atoms with Crippen LogP contribution in [0, 0.1) is 5.92 Å². The number of rotatable bonds is 3. The van der Waals surface area contributed by atoms with Crippen molar-refractivity contribution in [3.8, 4) is 0 Å². The predicted octanol–water partition coefficient (Wildman–Crippen LogP) is 1.01. The zero-order chi connectivity index (χ0) is 9.68. The Labute approximate surface area is 78.3 Å². The number of nitrogens with two attached hydrogens (primary N) is 1. The third kappa shape index (κ3) is 2.70. The Hall–Kier alpha value is -1.09. The van der Waals surface area contributed by atoms with E-state index in [1.54, 1.807) is 6.92 Å². The Morgan fingerprint density at radius 3 is 3.00 bits per heavy atom. The van der Waals surface area contributed by atoms with Gasteiger partial charge in [-0.25, -0.2) is 0 Å². The van der Waals surface area contributed by atoms with Crippen LogP contribution >= 0.6 is 0 Å². The quantitative estimate of drug-likeness (QED) is 0.661. The molecule has 0 radical (unpaired) electrons. The number of allylic oxidation sites excluding steroid dienone is 3. The van der Waals surface area contributed by atoms with E-state index < -0.39 is 6.04 Å². The van der Waals surface area contributed by atoms with Crippen molar-refractivity contribution < 1.29 is 9.53 Å². The van der Waals surface area contributed by atoms with E-state index in [1.807, 2.05) is 24.3 Å². The number of hydrogen-bond acceptors (Lipinski definition) is 3. The molecular formula is C10H15NO2. The van der Waals surface area contributed by atoms with Gasteiger partial charge in [0.25, 0.3) is 0 Å². The van der Waals surface area contributed by atoms with Gasteiger partial charge < -0.3 is 10.5 Å². The molecule has 2 atom stereocenters. The van der Waals surface area contributed by atoms with Crippen LogP contribution in [-0.4, -0.2) is 18.6 Å². The summed E-state index contributed by atoms with van der Waals surface area (Å²) in [5.41, 5.74) is 5.72. The topological polar surface area (TPSA) is 52.3 Å². The van der Waals surface area contributed by atoms with Gasteiger partial charge in [0.05, 0.1) is 6.61 Å². The van der Waals surface area contributed by atoms with Crippen molar-refractivity contribution in [2.24, 2.45) is 11.7 Å². The Morgan fingerprint density at radius 1 is 1.69 bits per heavy atom. The first-order valence-electron chi connectivity index (χ1n) is 4.51. The van der Waals surface area contributed by atoms with Crippen LogP contribution < -0.4 is 5.73 Å². The molecule has 0 amide bonds. The van der Waals surface area contributed by atoms with E-state index in [4.69, 9.17) is 10.5 Å². The highest BCUT2D eigenvalue weighted by Crippen LogP contribution is 2.15. The summed E-state index contributed by atoms with van der Waals surface area (Å²) >= 11 is 0. The minimum atomic E-state index is -0.527. The third-order valence-corrected chi connectivity index (χ3v) is 2.03. The van der Waals surface area contributed by atoms with Crippen LogP contribution in [-0.2, 0) is 9.53 Å². The Morgan fingerprint density at radius 2 is 2.46 bits per heavy atom. The van der Waals surface area contributed by atoms with Crippen LogP contribution in [0.3, 0.4) is 0 Å². The molecule has 2 unspecified atom stereocenters. The number of carbonyl (C=O) groups is 1. The summed E-state index contributed by atoms with van der Waals surface area (Å²) in [6.45, 7) is 2.17. The van der Waals surface area contributed by atoms with Crippen molar-refractivity contribution in [1.29, 1.82) is 0 Å². The molecule has 1 aliphatic carbocycles. The minimum absolute atomic E-state index is 0.0871. The summed E-state index contributed by atoms with van der Waals surface area (Å²) in [6, 6.07) is -0.527. The van der Waals surface area contributed by atoms with Gasteiger partial charge in [-0.3, -0.25) is 4.79 Å². The fourth-order valence-electron chi connectivity index (χ4n) is 1.28. The highest BCUT2D eigenvalue weighted by molar-refractivity contribution is 5.76. The van der Waals surface area contributed by atoms with Crippen LogP contribution in [0.4, 0.5) is 0 Å². The summed E-state index contributed by atoms with van der Waals surface area (Å²) in [4.78, 5) is 11.2. The first-order valence-corrected chi connectivity index (χ1v) is 4.51. The van der Waals surface area contributed by atoms with Gasteiger partial charge in [0, 0.05) is 5.92 Å². The molecule has 1 aliphatic rings. The molecule has 2 N–H and O–H groups in total. The molecular weight excluding hydrogens is 166 g/mol. The highest BCUT2D eigenvalue weighted by Gasteiger charge is 2.23. The fourth-order valence-corrected chi connectivity index (χ4v) is 1.28. The Bertz CT molecular complexity index is 233. The average molecular weight is 181 g/mol. The molecule has 0 heterocycles. The maximum absolute atomic E-state index is 11.2. The van der Waals surface area contributed by atoms with Gasteiger partial charge in [-0.2, -0.15) is 0 Å². The van der Waals surface area contributed by atoms with E-state index in [-0.39, 0.29) is 11.9 Å². The van der Waals surface area contributed by atoms with Crippen LogP contribution in [0.25, 0.3) is 0 Å². The van der Waals surface area contributed by atoms with Gasteiger partial charge >= 0.3 is 5.97 Å². The lowest BCUT2D eigenvalue weighted by Crippen LogP contribution is -2.38. The molecule has 3 nitrogen and oxygen atoms in total. The molecule has 3 heteroatoms. The molecule has 0 aromatic rings. The third-order valence-electron chi connectivity index (χ3n) is 2.03. The fraction of sp³-hybridized carbons (Fsp3) is 0.500. The molecule has 0 aromatic carbocycles. The van der Waals surface area contributed by atoms with Crippen LogP contribution in [0.15, 0.2) is 24.3 Å². The van der Waals surface area contributed by atoms with E-state index in [9.17, 15) is 4.79 Å². The maximum Gasteiger partial charge on any atom is 0.323 e. The van der Waals surface area contributed by atoms with Crippen LogP contribution in [0.1, 0.15) is 13.3 Å². The normalized spacial score (nSPS) is 22.8. The van der Waals surface area contributed by atoms with Gasteiger partial charge in [-0.1, -0.05) is 24.3 Å². The second-order valence-corrected chi connectivity index (χ2v) is 2.99. The molecule has 13 heavy (non-hydrogen) atoms. The van der Waals surface area contributed by atoms with Gasteiger partial charge in [-0.05, 0) is 13.3 Å². The smallest absolute Gasteiger partial charge is 0.323 e. The molecule has 0 fully saturated rings. The largest absolute Gasteiger partial charge is 0.465 e. The summed E-state index contributed by atoms with van der Waals surface area (Å²) in [7, 11) is 0. The van der Waals surface area contributed by atoms with Crippen molar-refractivity contribution in [1.82, 2.24) is 0 Å². The molecule has 0 saturated heterocycles. The number of carbonyl (C=O) groups excluding carboxylic acids is 1.